The number of hydrogen-bond donors (Lipinski definition) is 1. The minimum absolute atomic E-state index is 0.211. The molecule has 0 aliphatic rings. The maximum atomic E-state index is 11.9. The smallest absolute Gasteiger partial charge is 0.329 e. The lowest BCUT2D eigenvalue weighted by Crippen LogP contribution is -2.42. The first-order valence-electron chi connectivity index (χ1n) is 6.75. The van der Waals surface area contributed by atoms with E-state index in [2.05, 4.69) is 9.97 Å². The SMILES string of the molecule is CCC(CC)(C(=O)O)n1c(COC)nc2cc(Cl)cnc21. The molecule has 0 aromatic carbocycles. The quantitative estimate of drug-likeness (QED) is 0.887. The van der Waals surface area contributed by atoms with Gasteiger partial charge < -0.3 is 9.84 Å². The van der Waals surface area contributed by atoms with Crippen molar-refractivity contribution in [2.45, 2.75) is 38.8 Å². The van der Waals surface area contributed by atoms with Crippen molar-refractivity contribution in [3.8, 4) is 0 Å². The highest BCUT2D eigenvalue weighted by Crippen LogP contribution is 2.32. The Balaban J connectivity index is 2.80. The third-order valence-electron chi connectivity index (χ3n) is 3.80. The van der Waals surface area contributed by atoms with Crippen molar-refractivity contribution in [1.82, 2.24) is 14.5 Å². The molecule has 0 radical (unpaired) electrons. The Morgan fingerprint density at radius 2 is 2.14 bits per heavy atom. The molecular formula is C14H18ClN3O3. The van der Waals surface area contributed by atoms with E-state index in [0.717, 1.165) is 0 Å². The Bertz CT molecular complexity index is 665. The Kier molecular flexibility index (Phi) is 4.49. The Morgan fingerprint density at radius 1 is 1.48 bits per heavy atom. The molecule has 114 valence electrons. The number of carbonyl (C=O) groups is 1. The van der Waals surface area contributed by atoms with Gasteiger partial charge in [-0.05, 0) is 18.9 Å². The van der Waals surface area contributed by atoms with Gasteiger partial charge in [0.05, 0.1) is 5.02 Å². The van der Waals surface area contributed by atoms with E-state index in [1.165, 1.54) is 6.20 Å². The zero-order valence-corrected chi connectivity index (χ0v) is 13.0. The second kappa shape index (κ2) is 5.99. The maximum absolute atomic E-state index is 11.9. The number of nitrogens with zero attached hydrogens (tertiary/aromatic N) is 3. The fourth-order valence-electron chi connectivity index (χ4n) is 2.63. The van der Waals surface area contributed by atoms with Gasteiger partial charge in [-0.1, -0.05) is 25.4 Å². The molecule has 2 aromatic rings. The van der Waals surface area contributed by atoms with Gasteiger partial charge in [0.2, 0.25) is 0 Å². The summed E-state index contributed by atoms with van der Waals surface area (Å²) in [6.07, 6.45) is 2.34. The zero-order chi connectivity index (χ0) is 15.6. The normalized spacial score (nSPS) is 12.0. The first-order chi connectivity index (χ1) is 10.00. The molecule has 7 heteroatoms. The van der Waals surface area contributed by atoms with Crippen molar-refractivity contribution in [3.63, 3.8) is 0 Å². The van der Waals surface area contributed by atoms with Gasteiger partial charge in [-0.2, -0.15) is 0 Å². The lowest BCUT2D eigenvalue weighted by atomic mass is 9.92. The maximum Gasteiger partial charge on any atom is 0.329 e. The van der Waals surface area contributed by atoms with Crippen LogP contribution >= 0.6 is 11.6 Å². The lowest BCUT2D eigenvalue weighted by molar-refractivity contribution is -0.148. The summed E-state index contributed by atoms with van der Waals surface area (Å²) in [6.45, 7) is 3.90. The van der Waals surface area contributed by atoms with Gasteiger partial charge in [0, 0.05) is 13.3 Å². The summed E-state index contributed by atoms with van der Waals surface area (Å²) in [5, 5.41) is 10.2. The number of rotatable bonds is 6. The van der Waals surface area contributed by atoms with Crippen molar-refractivity contribution in [2.24, 2.45) is 0 Å². The number of carboxylic acid groups (broad SMARTS) is 1. The fourth-order valence-corrected chi connectivity index (χ4v) is 2.78. The monoisotopic (exact) mass is 311 g/mol. The van der Waals surface area contributed by atoms with Gasteiger partial charge in [-0.15, -0.1) is 0 Å². The van der Waals surface area contributed by atoms with Crippen LogP contribution in [-0.2, 0) is 21.7 Å². The van der Waals surface area contributed by atoms with Crippen LogP contribution in [0.15, 0.2) is 12.3 Å². The number of methoxy groups -OCH3 is 1. The largest absolute Gasteiger partial charge is 0.479 e. The third kappa shape index (κ3) is 2.49. The number of carboxylic acids is 1. The summed E-state index contributed by atoms with van der Waals surface area (Å²) < 4.78 is 6.83. The van der Waals surface area contributed by atoms with Crippen molar-refractivity contribution >= 4 is 28.7 Å². The van der Waals surface area contributed by atoms with Gasteiger partial charge in [0.15, 0.2) is 5.65 Å². The van der Waals surface area contributed by atoms with E-state index in [9.17, 15) is 9.90 Å². The molecule has 0 bridgehead atoms. The van der Waals surface area contributed by atoms with E-state index in [0.29, 0.717) is 34.9 Å². The van der Waals surface area contributed by atoms with Crippen LogP contribution in [0.4, 0.5) is 0 Å². The fraction of sp³-hybridized carbons (Fsp3) is 0.500. The summed E-state index contributed by atoms with van der Waals surface area (Å²) in [4.78, 5) is 20.6. The summed E-state index contributed by atoms with van der Waals surface area (Å²) in [6, 6.07) is 1.68. The molecule has 0 aliphatic heterocycles. The van der Waals surface area contributed by atoms with E-state index in [1.54, 1.807) is 17.7 Å². The first kappa shape index (κ1) is 15.7. The first-order valence-corrected chi connectivity index (χ1v) is 7.13. The molecule has 2 rings (SSSR count). The third-order valence-corrected chi connectivity index (χ3v) is 4.01. The molecule has 2 heterocycles. The number of pyridine rings is 1. The van der Waals surface area contributed by atoms with E-state index >= 15 is 0 Å². The van der Waals surface area contributed by atoms with Gasteiger partial charge in [-0.25, -0.2) is 14.8 Å². The minimum Gasteiger partial charge on any atom is -0.479 e. The molecule has 6 nitrogen and oxygen atoms in total. The highest BCUT2D eigenvalue weighted by Gasteiger charge is 2.40. The number of hydrogen-bond acceptors (Lipinski definition) is 4. The molecule has 0 aliphatic carbocycles. The summed E-state index contributed by atoms with van der Waals surface area (Å²) in [7, 11) is 1.55. The van der Waals surface area contributed by atoms with Crippen molar-refractivity contribution < 1.29 is 14.6 Å². The number of fused-ring (bicyclic) bond motifs is 1. The average Bonchev–Trinajstić information content (AvgIpc) is 2.79. The molecule has 2 aromatic heterocycles. The highest BCUT2D eigenvalue weighted by atomic mass is 35.5. The van der Waals surface area contributed by atoms with E-state index in [-0.39, 0.29) is 6.61 Å². The molecule has 0 saturated carbocycles. The number of halogens is 1. The molecule has 1 N–H and O–H groups in total. The molecule has 0 saturated heterocycles. The summed E-state index contributed by atoms with van der Waals surface area (Å²) in [5.74, 6) is -0.366. The minimum atomic E-state index is -1.09. The van der Waals surface area contributed by atoms with Gasteiger partial charge in [0.25, 0.3) is 0 Å². The summed E-state index contributed by atoms with van der Waals surface area (Å²) >= 11 is 5.94. The molecular weight excluding hydrogens is 294 g/mol. The van der Waals surface area contributed by atoms with E-state index in [1.807, 2.05) is 13.8 Å². The average molecular weight is 312 g/mol. The van der Waals surface area contributed by atoms with Gasteiger partial charge >= 0.3 is 5.97 Å². The molecule has 0 unspecified atom stereocenters. The molecule has 21 heavy (non-hydrogen) atoms. The van der Waals surface area contributed by atoms with Crippen LogP contribution < -0.4 is 0 Å². The number of ether oxygens (including phenoxy) is 1. The van der Waals surface area contributed by atoms with Crippen molar-refractivity contribution in [1.29, 1.82) is 0 Å². The molecule has 0 spiro atoms. The highest BCUT2D eigenvalue weighted by molar-refractivity contribution is 6.31. The van der Waals surface area contributed by atoms with Crippen LogP contribution in [0.25, 0.3) is 11.2 Å². The number of aliphatic carboxylic acids is 1. The van der Waals surface area contributed by atoms with Gasteiger partial charge in [-0.3, -0.25) is 4.57 Å². The van der Waals surface area contributed by atoms with Crippen LogP contribution in [0, 0.1) is 0 Å². The van der Waals surface area contributed by atoms with E-state index in [4.69, 9.17) is 16.3 Å². The lowest BCUT2D eigenvalue weighted by Gasteiger charge is -2.30. The van der Waals surface area contributed by atoms with Gasteiger partial charge in [0.1, 0.15) is 23.5 Å². The van der Waals surface area contributed by atoms with Crippen LogP contribution in [0.5, 0.6) is 0 Å². The predicted molar refractivity (Wildman–Crippen MR) is 79.4 cm³/mol. The Hall–Kier alpha value is -1.66. The van der Waals surface area contributed by atoms with Crippen molar-refractivity contribution in [3.05, 3.63) is 23.1 Å². The Labute approximate surface area is 127 Å². The molecule has 0 amide bonds. The van der Waals surface area contributed by atoms with Crippen LogP contribution in [-0.4, -0.2) is 32.7 Å². The topological polar surface area (TPSA) is 77.2 Å². The second-order valence-electron chi connectivity index (χ2n) is 4.84. The van der Waals surface area contributed by atoms with Crippen LogP contribution in [0.3, 0.4) is 0 Å². The van der Waals surface area contributed by atoms with Crippen LogP contribution in [0.2, 0.25) is 5.02 Å². The number of aromatic nitrogens is 3. The zero-order valence-electron chi connectivity index (χ0n) is 12.3. The van der Waals surface area contributed by atoms with E-state index < -0.39 is 11.5 Å². The van der Waals surface area contributed by atoms with Crippen LogP contribution in [0.1, 0.15) is 32.5 Å². The second-order valence-corrected chi connectivity index (χ2v) is 5.27. The molecule has 0 fully saturated rings. The molecule has 0 atom stereocenters. The number of imidazole rings is 1. The standard InChI is InChI=1S/C14H18ClN3O3/c1-4-14(5-2,13(19)20)18-11(8-21-3)17-10-6-9(15)7-16-12(10)18/h6-7H,4-5,8H2,1-3H3,(H,19,20). The Morgan fingerprint density at radius 3 is 2.67 bits per heavy atom. The van der Waals surface area contributed by atoms with Crippen molar-refractivity contribution in [2.75, 3.05) is 7.11 Å². The predicted octanol–water partition coefficient (Wildman–Crippen LogP) is 2.83. The summed E-state index contributed by atoms with van der Waals surface area (Å²) in [5.41, 5.74) is -0.0108.